The van der Waals surface area contributed by atoms with Gasteiger partial charge in [-0.05, 0) is 41.3 Å². The Morgan fingerprint density at radius 2 is 1.72 bits per heavy atom. The Morgan fingerprint density at radius 1 is 1.00 bits per heavy atom. The lowest BCUT2D eigenvalue weighted by Crippen LogP contribution is -2.51. The molecular formula is C29H33ClN2O3S. The number of benzene rings is 3. The molecule has 7 heteroatoms. The highest BCUT2D eigenvalue weighted by atomic mass is 35.5. The molecule has 1 atom stereocenters. The van der Waals surface area contributed by atoms with Crippen LogP contribution in [0.25, 0.3) is 0 Å². The second kappa shape index (κ2) is 14.6. The molecule has 0 aliphatic rings. The van der Waals surface area contributed by atoms with Crippen molar-refractivity contribution in [3.05, 3.63) is 101 Å². The molecule has 2 amide bonds. The first-order valence-electron chi connectivity index (χ1n) is 12.1. The fraction of sp³-hybridized carbons (Fsp3) is 0.310. The third-order valence-corrected chi connectivity index (χ3v) is 7.08. The van der Waals surface area contributed by atoms with Gasteiger partial charge in [-0.15, -0.1) is 11.8 Å². The molecule has 3 aromatic carbocycles. The van der Waals surface area contributed by atoms with Crippen molar-refractivity contribution in [2.45, 2.75) is 38.1 Å². The van der Waals surface area contributed by atoms with Crippen LogP contribution in [-0.4, -0.2) is 42.2 Å². The van der Waals surface area contributed by atoms with Gasteiger partial charge < -0.3 is 15.0 Å². The maximum Gasteiger partial charge on any atom is 0.243 e. The minimum Gasteiger partial charge on any atom is -0.497 e. The lowest BCUT2D eigenvalue weighted by atomic mass is 10.0. The van der Waals surface area contributed by atoms with Crippen LogP contribution in [0.4, 0.5) is 0 Å². The van der Waals surface area contributed by atoms with Crippen LogP contribution in [-0.2, 0) is 28.3 Å². The third-order valence-electron chi connectivity index (χ3n) is 5.75. The minimum atomic E-state index is -0.640. The van der Waals surface area contributed by atoms with Crippen molar-refractivity contribution < 1.29 is 14.3 Å². The van der Waals surface area contributed by atoms with Gasteiger partial charge in [0.1, 0.15) is 11.8 Å². The molecule has 0 radical (unpaired) electrons. The first-order valence-corrected chi connectivity index (χ1v) is 13.6. The predicted octanol–water partition coefficient (Wildman–Crippen LogP) is 5.75. The lowest BCUT2D eigenvalue weighted by molar-refractivity contribution is -0.139. The van der Waals surface area contributed by atoms with Crippen molar-refractivity contribution in [3.8, 4) is 5.75 Å². The fourth-order valence-corrected chi connectivity index (χ4v) is 5.03. The van der Waals surface area contributed by atoms with E-state index in [9.17, 15) is 9.59 Å². The summed E-state index contributed by atoms with van der Waals surface area (Å²) in [4.78, 5) is 28.7. The number of nitrogens with zero attached hydrogens (tertiary/aromatic N) is 1. The summed E-state index contributed by atoms with van der Waals surface area (Å²) in [6.07, 6.45) is 1.25. The van der Waals surface area contributed by atoms with Crippen molar-refractivity contribution >= 4 is 35.2 Å². The van der Waals surface area contributed by atoms with Gasteiger partial charge in [0.2, 0.25) is 11.8 Å². The molecule has 1 unspecified atom stereocenters. The van der Waals surface area contributed by atoms with Crippen molar-refractivity contribution in [1.29, 1.82) is 0 Å². The molecule has 36 heavy (non-hydrogen) atoms. The van der Waals surface area contributed by atoms with Crippen molar-refractivity contribution in [3.63, 3.8) is 0 Å². The molecule has 3 rings (SSSR count). The molecule has 0 aliphatic carbocycles. The summed E-state index contributed by atoms with van der Waals surface area (Å²) in [5, 5.41) is 3.69. The van der Waals surface area contributed by atoms with Gasteiger partial charge in [-0.2, -0.15) is 0 Å². The lowest BCUT2D eigenvalue weighted by Gasteiger charge is -2.31. The van der Waals surface area contributed by atoms with E-state index in [0.29, 0.717) is 36.0 Å². The zero-order valence-electron chi connectivity index (χ0n) is 20.8. The van der Waals surface area contributed by atoms with E-state index in [4.69, 9.17) is 16.3 Å². The summed E-state index contributed by atoms with van der Waals surface area (Å²) in [5.74, 6) is 1.32. The van der Waals surface area contributed by atoms with Crippen LogP contribution < -0.4 is 10.1 Å². The maximum atomic E-state index is 13.6. The Labute approximate surface area is 223 Å². The molecule has 1 N–H and O–H groups in total. The number of rotatable bonds is 13. The van der Waals surface area contributed by atoms with Gasteiger partial charge in [-0.1, -0.05) is 79.2 Å². The van der Waals surface area contributed by atoms with E-state index < -0.39 is 6.04 Å². The number of hydrogen-bond acceptors (Lipinski definition) is 4. The molecule has 0 fully saturated rings. The van der Waals surface area contributed by atoms with Gasteiger partial charge in [0, 0.05) is 30.3 Å². The highest BCUT2D eigenvalue weighted by Crippen LogP contribution is 2.23. The van der Waals surface area contributed by atoms with Crippen molar-refractivity contribution in [2.75, 3.05) is 19.4 Å². The Morgan fingerprint density at radius 3 is 2.44 bits per heavy atom. The molecule has 0 aromatic heterocycles. The van der Waals surface area contributed by atoms with Crippen LogP contribution in [0.5, 0.6) is 5.75 Å². The number of carbonyl (C=O) groups is 2. The number of amides is 2. The monoisotopic (exact) mass is 524 g/mol. The van der Waals surface area contributed by atoms with E-state index in [1.165, 1.54) is 11.8 Å². The van der Waals surface area contributed by atoms with Gasteiger partial charge in [0.05, 0.1) is 12.9 Å². The van der Waals surface area contributed by atoms with Gasteiger partial charge in [0.15, 0.2) is 0 Å². The molecule has 5 nitrogen and oxygen atoms in total. The minimum absolute atomic E-state index is 0.0950. The summed E-state index contributed by atoms with van der Waals surface area (Å²) < 4.78 is 5.38. The Kier molecular flexibility index (Phi) is 11.2. The van der Waals surface area contributed by atoms with Gasteiger partial charge in [-0.3, -0.25) is 9.59 Å². The summed E-state index contributed by atoms with van der Waals surface area (Å²) >= 11 is 7.79. The SMILES string of the molecule is CCCNC(=O)C(Cc1ccccc1)N(Cc1cccc(OC)c1)C(=O)CSCc1ccccc1Cl. The maximum absolute atomic E-state index is 13.6. The summed E-state index contributed by atoms with van der Waals surface area (Å²) in [7, 11) is 1.61. The first-order chi connectivity index (χ1) is 17.5. The molecule has 0 aliphatic heterocycles. The van der Waals surface area contributed by atoms with Gasteiger partial charge >= 0.3 is 0 Å². The van der Waals surface area contributed by atoms with E-state index in [1.807, 2.05) is 85.8 Å². The molecule has 190 valence electrons. The molecule has 0 spiro atoms. The average Bonchev–Trinajstić information content (AvgIpc) is 2.91. The topological polar surface area (TPSA) is 58.6 Å². The number of ether oxygens (including phenoxy) is 1. The summed E-state index contributed by atoms with van der Waals surface area (Å²) in [6, 6.07) is 24.4. The second-order valence-electron chi connectivity index (χ2n) is 8.45. The van der Waals surface area contributed by atoms with E-state index in [1.54, 1.807) is 12.0 Å². The first kappa shape index (κ1) is 27.6. The Hall–Kier alpha value is -2.96. The molecule has 3 aromatic rings. The van der Waals surface area contributed by atoms with E-state index in [-0.39, 0.29) is 17.6 Å². The number of nitrogens with one attached hydrogen (secondary N) is 1. The normalized spacial score (nSPS) is 11.5. The smallest absolute Gasteiger partial charge is 0.243 e. The molecule has 0 saturated heterocycles. The van der Waals surface area contributed by atoms with Gasteiger partial charge in [0.25, 0.3) is 0 Å². The summed E-state index contributed by atoms with van der Waals surface area (Å²) in [6.45, 7) is 2.88. The number of methoxy groups -OCH3 is 1. The molecular weight excluding hydrogens is 492 g/mol. The standard InChI is InChI=1S/C29H33ClN2O3S/c1-3-16-31-29(34)27(18-22-10-5-4-6-11-22)32(19-23-12-9-14-25(17-23)35-2)28(33)21-36-20-24-13-7-8-15-26(24)30/h4-15,17,27H,3,16,18-21H2,1-2H3,(H,31,34). The van der Waals surface area contributed by atoms with E-state index >= 15 is 0 Å². The number of thioether (sulfide) groups is 1. The predicted molar refractivity (Wildman–Crippen MR) is 148 cm³/mol. The van der Waals surface area contributed by atoms with Crippen LogP contribution in [0.2, 0.25) is 5.02 Å². The molecule has 0 bridgehead atoms. The van der Waals surface area contributed by atoms with Gasteiger partial charge in [-0.25, -0.2) is 0 Å². The van der Waals surface area contributed by atoms with E-state index in [0.717, 1.165) is 23.1 Å². The van der Waals surface area contributed by atoms with Crippen molar-refractivity contribution in [2.24, 2.45) is 0 Å². The van der Waals surface area contributed by atoms with Crippen LogP contribution >= 0.6 is 23.4 Å². The van der Waals surface area contributed by atoms with Crippen LogP contribution in [0, 0.1) is 0 Å². The second-order valence-corrected chi connectivity index (χ2v) is 9.85. The zero-order chi connectivity index (χ0) is 25.8. The number of halogens is 1. The molecule has 0 saturated carbocycles. The van der Waals surface area contributed by atoms with Crippen LogP contribution in [0.1, 0.15) is 30.0 Å². The Bertz CT molecular complexity index is 1130. The van der Waals surface area contributed by atoms with Crippen LogP contribution in [0.15, 0.2) is 78.9 Å². The largest absolute Gasteiger partial charge is 0.497 e. The van der Waals surface area contributed by atoms with Crippen LogP contribution in [0.3, 0.4) is 0 Å². The highest BCUT2D eigenvalue weighted by Gasteiger charge is 2.30. The quantitative estimate of drug-likeness (QED) is 0.309. The highest BCUT2D eigenvalue weighted by molar-refractivity contribution is 7.99. The van der Waals surface area contributed by atoms with Crippen molar-refractivity contribution in [1.82, 2.24) is 10.2 Å². The molecule has 0 heterocycles. The number of hydrogen-bond donors (Lipinski definition) is 1. The third kappa shape index (κ3) is 8.32. The fourth-order valence-electron chi connectivity index (χ4n) is 3.83. The summed E-state index contributed by atoms with van der Waals surface area (Å²) in [5.41, 5.74) is 2.89. The zero-order valence-corrected chi connectivity index (χ0v) is 22.4. The average molecular weight is 525 g/mol. The number of carbonyl (C=O) groups excluding carboxylic acids is 2. The Balaban J connectivity index is 1.85. The van der Waals surface area contributed by atoms with E-state index in [2.05, 4.69) is 5.32 Å².